The lowest BCUT2D eigenvalue weighted by atomic mass is 11.8. The zero-order valence-electron chi connectivity index (χ0n) is 2.76. The van der Waals surface area contributed by atoms with E-state index in [-0.39, 0.29) is 5.52 Å². The van der Waals surface area contributed by atoms with Gasteiger partial charge in [0, 0.05) is 0 Å². The van der Waals surface area contributed by atoms with Crippen molar-refractivity contribution in [3.63, 3.8) is 0 Å². The molecule has 1 unspecified atom stereocenters. The number of alkyl halides is 1. The Morgan fingerprint density at radius 2 is 2.50 bits per heavy atom. The van der Waals surface area contributed by atoms with Crippen LogP contribution in [0.4, 0.5) is 0 Å². The summed E-state index contributed by atoms with van der Waals surface area (Å²) in [4.78, 5) is 9.38. The SMILES string of the molecule is O=[P+]([O-])OCBr. The molecular weight excluding hydrogens is 171 g/mol. The Balaban J connectivity index is 2.83. The molecule has 0 heterocycles. The van der Waals surface area contributed by atoms with Gasteiger partial charge in [-0.25, -0.2) is 0 Å². The summed E-state index contributed by atoms with van der Waals surface area (Å²) in [5.41, 5.74) is 0.0473. The van der Waals surface area contributed by atoms with E-state index < -0.39 is 8.25 Å². The van der Waals surface area contributed by atoms with Crippen LogP contribution in [0.2, 0.25) is 0 Å². The molecule has 0 aliphatic heterocycles. The number of hydrogen-bond acceptors (Lipinski definition) is 3. The van der Waals surface area contributed by atoms with Crippen LogP contribution in [-0.2, 0) is 9.09 Å². The van der Waals surface area contributed by atoms with Gasteiger partial charge in [0.05, 0.1) is 0 Å². The summed E-state index contributed by atoms with van der Waals surface area (Å²) >= 11 is 2.74. The molecule has 0 aliphatic carbocycles. The van der Waals surface area contributed by atoms with E-state index in [4.69, 9.17) is 0 Å². The monoisotopic (exact) mass is 172 g/mol. The number of hydrogen-bond donors (Lipinski definition) is 0. The standard InChI is InChI=1S/CH2BrO3P/c2-1-5-6(3)4/h1H2. The lowest BCUT2D eigenvalue weighted by Crippen LogP contribution is -1.87. The Labute approximate surface area is 44.4 Å². The van der Waals surface area contributed by atoms with Gasteiger partial charge in [-0.2, -0.15) is 0 Å². The Morgan fingerprint density at radius 1 is 2.00 bits per heavy atom. The maximum Gasteiger partial charge on any atom is 0.489 e. The van der Waals surface area contributed by atoms with Crippen molar-refractivity contribution in [1.29, 1.82) is 0 Å². The van der Waals surface area contributed by atoms with Crippen LogP contribution in [0, 0.1) is 0 Å². The smallest absolute Gasteiger partial charge is 0.489 e. The molecule has 5 heteroatoms. The second-order valence-corrected chi connectivity index (χ2v) is 1.63. The van der Waals surface area contributed by atoms with Crippen LogP contribution in [0.3, 0.4) is 0 Å². The van der Waals surface area contributed by atoms with Gasteiger partial charge in [-0.05, 0) is 4.57 Å². The van der Waals surface area contributed by atoms with Gasteiger partial charge in [-0.1, -0.05) is 15.9 Å². The van der Waals surface area contributed by atoms with Gasteiger partial charge in [-0.15, -0.1) is 4.52 Å². The van der Waals surface area contributed by atoms with E-state index >= 15 is 0 Å². The van der Waals surface area contributed by atoms with Crippen LogP contribution in [0.1, 0.15) is 0 Å². The first-order valence-corrected chi connectivity index (χ1v) is 3.32. The van der Waals surface area contributed by atoms with Crippen LogP contribution < -0.4 is 4.89 Å². The van der Waals surface area contributed by atoms with Crippen molar-refractivity contribution >= 4 is 24.2 Å². The van der Waals surface area contributed by atoms with Gasteiger partial charge in [0.2, 0.25) is 0 Å². The van der Waals surface area contributed by atoms with Gasteiger partial charge in [0.15, 0.2) is 5.52 Å². The van der Waals surface area contributed by atoms with Crippen molar-refractivity contribution in [1.82, 2.24) is 0 Å². The van der Waals surface area contributed by atoms with E-state index in [0.717, 1.165) is 0 Å². The molecule has 0 radical (unpaired) electrons. The predicted molar refractivity (Wildman–Crippen MR) is 22.5 cm³/mol. The van der Waals surface area contributed by atoms with Crippen LogP contribution in [-0.4, -0.2) is 5.52 Å². The third-order valence-corrected chi connectivity index (χ3v) is 1.08. The molecule has 0 aliphatic rings. The second-order valence-electron chi connectivity index (χ2n) is 0.462. The molecule has 3 nitrogen and oxygen atoms in total. The fourth-order valence-corrected chi connectivity index (χ4v) is 0.621. The van der Waals surface area contributed by atoms with Crippen molar-refractivity contribution in [2.24, 2.45) is 0 Å². The van der Waals surface area contributed by atoms with Crippen molar-refractivity contribution < 1.29 is 14.0 Å². The summed E-state index contributed by atoms with van der Waals surface area (Å²) in [6.07, 6.45) is 0. The van der Waals surface area contributed by atoms with E-state index in [0.29, 0.717) is 0 Å². The molecule has 6 heavy (non-hydrogen) atoms. The average molecular weight is 173 g/mol. The highest BCUT2D eigenvalue weighted by atomic mass is 79.9. The molecule has 0 amide bonds. The number of halogens is 1. The predicted octanol–water partition coefficient (Wildman–Crippen LogP) is 0.373. The molecule has 0 bridgehead atoms. The molecule has 0 N–H and O–H groups in total. The average Bonchev–Trinajstić information content (AvgIpc) is 1.35. The zero-order valence-corrected chi connectivity index (χ0v) is 5.24. The third kappa shape index (κ3) is 4.50. The van der Waals surface area contributed by atoms with E-state index in [1.54, 1.807) is 0 Å². The normalized spacial score (nSPS) is 11.3. The summed E-state index contributed by atoms with van der Waals surface area (Å²) < 4.78 is 13.3. The zero-order chi connectivity index (χ0) is 4.99. The van der Waals surface area contributed by atoms with Crippen molar-refractivity contribution in [2.75, 3.05) is 5.52 Å². The minimum atomic E-state index is -2.65. The molecule has 1 atom stereocenters. The minimum absolute atomic E-state index is 0.0473. The highest BCUT2D eigenvalue weighted by Gasteiger charge is 1.93. The summed E-state index contributed by atoms with van der Waals surface area (Å²) in [6, 6.07) is 0. The van der Waals surface area contributed by atoms with E-state index in [2.05, 4.69) is 20.5 Å². The number of rotatable bonds is 2. The highest BCUT2D eigenvalue weighted by Crippen LogP contribution is 2.08. The molecule has 0 fully saturated rings. The maximum atomic E-state index is 9.38. The molecule has 0 saturated carbocycles. The first kappa shape index (κ1) is 6.50. The molecular formula is CH2BrO3P. The lowest BCUT2D eigenvalue weighted by Gasteiger charge is -1.77. The second kappa shape index (κ2) is 3.68. The topological polar surface area (TPSA) is 49.4 Å². The van der Waals surface area contributed by atoms with E-state index in [1.807, 2.05) is 0 Å². The van der Waals surface area contributed by atoms with Crippen LogP contribution >= 0.6 is 24.2 Å². The van der Waals surface area contributed by atoms with Crippen molar-refractivity contribution in [2.45, 2.75) is 0 Å². The van der Waals surface area contributed by atoms with E-state index in [9.17, 15) is 9.46 Å². The Morgan fingerprint density at radius 3 is 2.50 bits per heavy atom. The third-order valence-electron chi connectivity index (χ3n) is 0.154. The molecule has 0 aromatic rings. The first-order chi connectivity index (χ1) is 2.77. The molecule has 0 aromatic carbocycles. The maximum absolute atomic E-state index is 9.38. The summed E-state index contributed by atoms with van der Waals surface area (Å²) in [6.45, 7) is 0. The Hall–Kier alpha value is 0.500. The van der Waals surface area contributed by atoms with Gasteiger partial charge in [-0.3, -0.25) is 0 Å². The van der Waals surface area contributed by atoms with Crippen LogP contribution in [0.5, 0.6) is 0 Å². The van der Waals surface area contributed by atoms with Gasteiger partial charge >= 0.3 is 8.25 Å². The van der Waals surface area contributed by atoms with Crippen LogP contribution in [0.15, 0.2) is 0 Å². The fourth-order valence-electron chi connectivity index (χ4n) is 0.0398. The summed E-state index contributed by atoms with van der Waals surface area (Å²) in [7, 11) is -2.65. The van der Waals surface area contributed by atoms with Gasteiger partial charge < -0.3 is 4.89 Å². The molecule has 36 valence electrons. The van der Waals surface area contributed by atoms with Gasteiger partial charge in [0.1, 0.15) is 0 Å². The Kier molecular flexibility index (Phi) is 3.99. The largest absolute Gasteiger partial charge is 0.566 e. The molecule has 0 rings (SSSR count). The highest BCUT2D eigenvalue weighted by molar-refractivity contribution is 9.09. The molecule has 0 saturated heterocycles. The minimum Gasteiger partial charge on any atom is -0.566 e. The summed E-state index contributed by atoms with van der Waals surface area (Å²) in [5, 5.41) is 0. The van der Waals surface area contributed by atoms with Crippen molar-refractivity contribution in [3.05, 3.63) is 0 Å². The quantitative estimate of drug-likeness (QED) is 0.447. The lowest BCUT2D eigenvalue weighted by molar-refractivity contribution is -0.183. The molecule has 0 spiro atoms. The first-order valence-electron chi connectivity index (χ1n) is 1.10. The van der Waals surface area contributed by atoms with E-state index in [1.165, 1.54) is 0 Å². The fraction of sp³-hybridized carbons (Fsp3) is 1.00. The van der Waals surface area contributed by atoms with Crippen molar-refractivity contribution in [3.8, 4) is 0 Å². The summed E-state index contributed by atoms with van der Waals surface area (Å²) in [5.74, 6) is 0. The van der Waals surface area contributed by atoms with Gasteiger partial charge in [0.25, 0.3) is 0 Å². The molecule has 0 aromatic heterocycles. The Bertz CT molecular complexity index is 54.8. The van der Waals surface area contributed by atoms with Crippen LogP contribution in [0.25, 0.3) is 0 Å².